The van der Waals surface area contributed by atoms with Gasteiger partial charge in [-0.1, -0.05) is 19.9 Å². The second-order valence-corrected chi connectivity index (χ2v) is 3.37. The minimum Gasteiger partial charge on any atom is -0.481 e. The van der Waals surface area contributed by atoms with Crippen LogP contribution in [0, 0.1) is 11.8 Å². The van der Waals surface area contributed by atoms with Crippen LogP contribution in [0.3, 0.4) is 0 Å². The Morgan fingerprint density at radius 2 is 2.17 bits per heavy atom. The third-order valence-corrected chi connectivity index (χ3v) is 1.59. The standard InChI is InChI=1S/C9H17NO2/c1-7(2)5-8(3-4-10)6-9(11)12/h3-4,7-8H,5-6,10H2,1-2H3,(H,11,12)/b4-3+/t8-/m0/s1. The average Bonchev–Trinajstić information content (AvgIpc) is 1.84. The van der Waals surface area contributed by atoms with Gasteiger partial charge in [0.2, 0.25) is 0 Å². The van der Waals surface area contributed by atoms with Crippen molar-refractivity contribution in [2.75, 3.05) is 0 Å². The summed E-state index contributed by atoms with van der Waals surface area (Å²) in [7, 11) is 0. The molecule has 0 saturated heterocycles. The van der Waals surface area contributed by atoms with Gasteiger partial charge in [0.1, 0.15) is 0 Å². The van der Waals surface area contributed by atoms with Crippen molar-refractivity contribution in [2.24, 2.45) is 17.6 Å². The van der Waals surface area contributed by atoms with Crippen molar-refractivity contribution < 1.29 is 9.90 Å². The van der Waals surface area contributed by atoms with E-state index in [1.807, 2.05) is 0 Å². The molecule has 0 radical (unpaired) electrons. The van der Waals surface area contributed by atoms with E-state index in [0.717, 1.165) is 6.42 Å². The van der Waals surface area contributed by atoms with Crippen LogP contribution in [-0.2, 0) is 4.79 Å². The number of carbonyl (C=O) groups is 1. The molecule has 3 nitrogen and oxygen atoms in total. The second-order valence-electron chi connectivity index (χ2n) is 3.37. The van der Waals surface area contributed by atoms with Crippen molar-refractivity contribution in [3.63, 3.8) is 0 Å². The Kier molecular flexibility index (Phi) is 5.17. The van der Waals surface area contributed by atoms with Gasteiger partial charge in [-0.15, -0.1) is 0 Å². The van der Waals surface area contributed by atoms with Crippen molar-refractivity contribution in [3.05, 3.63) is 12.3 Å². The van der Waals surface area contributed by atoms with Crippen molar-refractivity contribution in [3.8, 4) is 0 Å². The molecule has 3 heteroatoms. The van der Waals surface area contributed by atoms with Crippen LogP contribution in [0.1, 0.15) is 26.7 Å². The Labute approximate surface area is 73.3 Å². The largest absolute Gasteiger partial charge is 0.481 e. The first kappa shape index (κ1) is 11.0. The summed E-state index contributed by atoms with van der Waals surface area (Å²) in [6.07, 6.45) is 4.23. The molecule has 0 bridgehead atoms. The Morgan fingerprint density at radius 1 is 1.58 bits per heavy atom. The molecule has 0 aromatic heterocycles. The molecule has 0 aromatic carbocycles. The van der Waals surface area contributed by atoms with Crippen molar-refractivity contribution >= 4 is 5.97 Å². The molecule has 3 N–H and O–H groups in total. The number of nitrogens with two attached hydrogens (primary N) is 1. The van der Waals surface area contributed by atoms with E-state index in [2.05, 4.69) is 13.8 Å². The summed E-state index contributed by atoms with van der Waals surface area (Å²) in [6.45, 7) is 4.14. The molecule has 0 amide bonds. The fourth-order valence-corrected chi connectivity index (χ4v) is 1.22. The molecule has 0 unspecified atom stereocenters. The number of hydrogen-bond acceptors (Lipinski definition) is 2. The smallest absolute Gasteiger partial charge is 0.303 e. The minimum atomic E-state index is -0.765. The number of rotatable bonds is 5. The summed E-state index contributed by atoms with van der Waals surface area (Å²) in [5.74, 6) is -0.184. The van der Waals surface area contributed by atoms with E-state index in [0.29, 0.717) is 5.92 Å². The van der Waals surface area contributed by atoms with Gasteiger partial charge in [-0.3, -0.25) is 4.79 Å². The van der Waals surface area contributed by atoms with Crippen LogP contribution in [-0.4, -0.2) is 11.1 Å². The first-order valence-electron chi connectivity index (χ1n) is 4.16. The molecule has 0 aliphatic carbocycles. The van der Waals surface area contributed by atoms with E-state index in [9.17, 15) is 4.79 Å². The Balaban J connectivity index is 3.95. The lowest BCUT2D eigenvalue weighted by molar-refractivity contribution is -0.137. The van der Waals surface area contributed by atoms with Crippen molar-refractivity contribution in [2.45, 2.75) is 26.7 Å². The van der Waals surface area contributed by atoms with Gasteiger partial charge in [0.25, 0.3) is 0 Å². The van der Waals surface area contributed by atoms with Gasteiger partial charge >= 0.3 is 5.97 Å². The van der Waals surface area contributed by atoms with E-state index in [4.69, 9.17) is 10.8 Å². The molecule has 0 saturated carbocycles. The van der Waals surface area contributed by atoms with E-state index in [1.165, 1.54) is 6.20 Å². The number of carboxylic acids is 1. The van der Waals surface area contributed by atoms with Gasteiger partial charge in [-0.25, -0.2) is 0 Å². The summed E-state index contributed by atoms with van der Waals surface area (Å²) in [4.78, 5) is 10.4. The zero-order chi connectivity index (χ0) is 9.56. The molecule has 1 atom stereocenters. The highest BCUT2D eigenvalue weighted by Gasteiger charge is 2.11. The highest BCUT2D eigenvalue weighted by atomic mass is 16.4. The molecule has 70 valence electrons. The maximum Gasteiger partial charge on any atom is 0.303 e. The van der Waals surface area contributed by atoms with Crippen LogP contribution in [0.25, 0.3) is 0 Å². The zero-order valence-corrected chi connectivity index (χ0v) is 7.66. The summed E-state index contributed by atoms with van der Waals surface area (Å²) in [5, 5.41) is 8.55. The molecule has 0 fully saturated rings. The second kappa shape index (κ2) is 5.63. The van der Waals surface area contributed by atoms with Crippen molar-refractivity contribution in [1.29, 1.82) is 0 Å². The van der Waals surface area contributed by atoms with Crippen LogP contribution >= 0.6 is 0 Å². The fraction of sp³-hybridized carbons (Fsp3) is 0.667. The summed E-state index contributed by atoms with van der Waals surface area (Å²) in [6, 6.07) is 0. The predicted molar refractivity (Wildman–Crippen MR) is 48.5 cm³/mol. The SMILES string of the molecule is CC(C)C[C@H](/C=C/N)CC(=O)O. The normalized spacial score (nSPS) is 13.9. The Hall–Kier alpha value is -0.990. The summed E-state index contributed by atoms with van der Waals surface area (Å²) in [5.41, 5.74) is 5.21. The highest BCUT2D eigenvalue weighted by molar-refractivity contribution is 5.67. The van der Waals surface area contributed by atoms with Gasteiger partial charge in [-0.2, -0.15) is 0 Å². The molecule has 0 rings (SSSR count). The number of allylic oxidation sites excluding steroid dienone is 1. The van der Waals surface area contributed by atoms with E-state index in [1.54, 1.807) is 6.08 Å². The molecule has 0 heterocycles. The topological polar surface area (TPSA) is 63.3 Å². The van der Waals surface area contributed by atoms with E-state index < -0.39 is 5.97 Å². The molecule has 0 aliphatic heterocycles. The van der Waals surface area contributed by atoms with E-state index >= 15 is 0 Å². The van der Waals surface area contributed by atoms with Crippen LogP contribution in [0.4, 0.5) is 0 Å². The van der Waals surface area contributed by atoms with Gasteiger partial charge in [0.15, 0.2) is 0 Å². The highest BCUT2D eigenvalue weighted by Crippen LogP contribution is 2.16. The zero-order valence-electron chi connectivity index (χ0n) is 7.66. The van der Waals surface area contributed by atoms with Crippen molar-refractivity contribution in [1.82, 2.24) is 0 Å². The predicted octanol–water partition coefficient (Wildman–Crippen LogP) is 1.60. The van der Waals surface area contributed by atoms with Crippen LogP contribution in [0.2, 0.25) is 0 Å². The van der Waals surface area contributed by atoms with Crippen LogP contribution < -0.4 is 5.73 Å². The number of carboxylic acid groups (broad SMARTS) is 1. The van der Waals surface area contributed by atoms with Gasteiger partial charge in [0, 0.05) is 0 Å². The first-order valence-corrected chi connectivity index (χ1v) is 4.16. The third kappa shape index (κ3) is 5.77. The molecular formula is C9H17NO2. The van der Waals surface area contributed by atoms with Gasteiger partial charge in [0.05, 0.1) is 6.42 Å². The van der Waals surface area contributed by atoms with Gasteiger partial charge in [-0.05, 0) is 24.5 Å². The van der Waals surface area contributed by atoms with E-state index in [-0.39, 0.29) is 12.3 Å². The molecule has 12 heavy (non-hydrogen) atoms. The maximum atomic E-state index is 10.4. The molecule has 0 spiro atoms. The third-order valence-electron chi connectivity index (χ3n) is 1.59. The fourth-order valence-electron chi connectivity index (χ4n) is 1.22. The Bertz CT molecular complexity index is 164. The number of aliphatic carboxylic acids is 1. The molecule has 0 aromatic rings. The molecule has 0 aliphatic rings. The van der Waals surface area contributed by atoms with Crippen LogP contribution in [0.15, 0.2) is 12.3 Å². The summed E-state index contributed by atoms with van der Waals surface area (Å²) >= 11 is 0. The lowest BCUT2D eigenvalue weighted by atomic mass is 9.94. The van der Waals surface area contributed by atoms with Crippen LogP contribution in [0.5, 0.6) is 0 Å². The minimum absolute atomic E-state index is 0.0764. The average molecular weight is 171 g/mol. The lowest BCUT2D eigenvalue weighted by Gasteiger charge is -2.11. The maximum absolute atomic E-state index is 10.4. The quantitative estimate of drug-likeness (QED) is 0.660. The monoisotopic (exact) mass is 171 g/mol. The number of hydrogen-bond donors (Lipinski definition) is 2. The Morgan fingerprint density at radius 3 is 2.50 bits per heavy atom. The first-order chi connectivity index (χ1) is 5.56. The molecular weight excluding hydrogens is 154 g/mol. The lowest BCUT2D eigenvalue weighted by Crippen LogP contribution is -2.08. The summed E-state index contributed by atoms with van der Waals surface area (Å²) < 4.78 is 0. The van der Waals surface area contributed by atoms with Gasteiger partial charge < -0.3 is 10.8 Å².